The van der Waals surface area contributed by atoms with Crippen LogP contribution in [-0.4, -0.2) is 29.0 Å². The highest BCUT2D eigenvalue weighted by atomic mass is 19.4. The van der Waals surface area contributed by atoms with E-state index in [4.69, 9.17) is 15.1 Å². The van der Waals surface area contributed by atoms with Gasteiger partial charge in [0.25, 0.3) is 5.95 Å². The molecule has 0 aliphatic carbocycles. The number of nitriles is 1. The van der Waals surface area contributed by atoms with Gasteiger partial charge in [0.1, 0.15) is 6.07 Å². The molecule has 0 amide bonds. The number of hydrogen-bond acceptors (Lipinski definition) is 4. The van der Waals surface area contributed by atoms with Crippen molar-refractivity contribution in [2.45, 2.75) is 31.7 Å². The first-order valence-electron chi connectivity index (χ1n) is 5.94. The van der Waals surface area contributed by atoms with E-state index < -0.39 is 53.6 Å². The van der Waals surface area contributed by atoms with E-state index in [1.54, 1.807) is 0 Å². The van der Waals surface area contributed by atoms with Crippen molar-refractivity contribution in [1.82, 2.24) is 4.98 Å². The zero-order valence-electron chi connectivity index (χ0n) is 11.1. The van der Waals surface area contributed by atoms with Crippen LogP contribution in [0.3, 0.4) is 0 Å². The van der Waals surface area contributed by atoms with Crippen molar-refractivity contribution in [3.63, 3.8) is 0 Å². The summed E-state index contributed by atoms with van der Waals surface area (Å²) in [4.78, 5) is 2.70. The minimum Gasteiger partial charge on any atom is -0.384 e. The molecule has 1 N–H and O–H groups in total. The fraction of sp³-hybridized carbons (Fsp3) is 0.500. The molecule has 1 heterocycles. The second-order valence-electron chi connectivity index (χ2n) is 4.14. The van der Waals surface area contributed by atoms with E-state index in [-0.39, 0.29) is 6.61 Å². The first-order valence-corrected chi connectivity index (χ1v) is 5.94. The molecule has 0 fully saturated rings. The number of pyridine rings is 1. The van der Waals surface area contributed by atoms with Gasteiger partial charge in [-0.3, -0.25) is 0 Å². The van der Waals surface area contributed by atoms with Crippen LogP contribution in [-0.2, 0) is 4.74 Å². The second-order valence-corrected chi connectivity index (χ2v) is 4.14. The molecule has 0 bridgehead atoms. The second kappa shape index (κ2) is 6.93. The Morgan fingerprint density at radius 1 is 1.27 bits per heavy atom. The van der Waals surface area contributed by atoms with Gasteiger partial charge in [-0.05, 0) is 6.92 Å². The molecule has 1 rings (SSSR count). The molecule has 2 unspecified atom stereocenters. The zero-order chi connectivity index (χ0) is 17.1. The SMILES string of the molecule is CCOC(CC(O)C(F)(F)F)c1c(F)c(F)nc(C#N)c1F. The van der Waals surface area contributed by atoms with Crippen LogP contribution < -0.4 is 0 Å². The number of alkyl halides is 3. The number of ether oxygens (including phenoxy) is 1. The third kappa shape index (κ3) is 3.86. The third-order valence-corrected chi connectivity index (χ3v) is 2.68. The fourth-order valence-electron chi connectivity index (χ4n) is 1.69. The number of rotatable bonds is 5. The summed E-state index contributed by atoms with van der Waals surface area (Å²) in [5.74, 6) is -5.35. The van der Waals surface area contributed by atoms with Crippen molar-refractivity contribution in [1.29, 1.82) is 5.26 Å². The zero-order valence-corrected chi connectivity index (χ0v) is 11.1. The molecule has 0 aliphatic rings. The fourth-order valence-corrected chi connectivity index (χ4v) is 1.69. The van der Waals surface area contributed by atoms with Gasteiger partial charge in [-0.25, -0.2) is 13.8 Å². The predicted octanol–water partition coefficient (Wildman–Crippen LogP) is 2.76. The van der Waals surface area contributed by atoms with E-state index in [9.17, 15) is 26.3 Å². The summed E-state index contributed by atoms with van der Waals surface area (Å²) < 4.78 is 82.6. The molecule has 0 aliphatic heterocycles. The lowest BCUT2D eigenvalue weighted by molar-refractivity contribution is -0.213. The molecule has 1 aromatic heterocycles. The Balaban J connectivity index is 3.33. The van der Waals surface area contributed by atoms with Gasteiger partial charge >= 0.3 is 6.18 Å². The molecule has 10 heteroatoms. The van der Waals surface area contributed by atoms with Crippen LogP contribution in [0.1, 0.15) is 30.7 Å². The Morgan fingerprint density at radius 2 is 1.86 bits per heavy atom. The minimum absolute atomic E-state index is 0.264. The van der Waals surface area contributed by atoms with Gasteiger partial charge in [0.05, 0.1) is 11.7 Å². The largest absolute Gasteiger partial charge is 0.414 e. The van der Waals surface area contributed by atoms with Crippen molar-refractivity contribution < 1.29 is 36.2 Å². The highest BCUT2D eigenvalue weighted by Gasteiger charge is 2.41. The number of aliphatic hydroxyl groups excluding tert-OH is 1. The molecule has 1 aromatic rings. The average molecular weight is 328 g/mol. The van der Waals surface area contributed by atoms with Crippen LogP contribution in [0.2, 0.25) is 0 Å². The molecular weight excluding hydrogens is 318 g/mol. The Labute approximate surface area is 120 Å². The summed E-state index contributed by atoms with van der Waals surface area (Å²) in [7, 11) is 0. The summed E-state index contributed by atoms with van der Waals surface area (Å²) >= 11 is 0. The van der Waals surface area contributed by atoms with Crippen molar-refractivity contribution >= 4 is 0 Å². The number of hydrogen-bond donors (Lipinski definition) is 1. The smallest absolute Gasteiger partial charge is 0.384 e. The van der Waals surface area contributed by atoms with Crippen LogP contribution >= 0.6 is 0 Å². The van der Waals surface area contributed by atoms with Gasteiger partial charge < -0.3 is 9.84 Å². The lowest BCUT2D eigenvalue weighted by Crippen LogP contribution is -2.31. The van der Waals surface area contributed by atoms with Crippen molar-refractivity contribution in [2.75, 3.05) is 6.61 Å². The topological polar surface area (TPSA) is 66.1 Å². The lowest BCUT2D eigenvalue weighted by Gasteiger charge is -2.23. The van der Waals surface area contributed by atoms with E-state index in [1.807, 2.05) is 0 Å². The normalized spacial score (nSPS) is 14.5. The first-order chi connectivity index (χ1) is 10.1. The van der Waals surface area contributed by atoms with E-state index in [2.05, 4.69) is 4.98 Å². The summed E-state index contributed by atoms with van der Waals surface area (Å²) in [5, 5.41) is 17.6. The molecule has 22 heavy (non-hydrogen) atoms. The monoisotopic (exact) mass is 328 g/mol. The molecule has 122 valence electrons. The van der Waals surface area contributed by atoms with Gasteiger partial charge in [-0.15, -0.1) is 0 Å². The van der Waals surface area contributed by atoms with Gasteiger partial charge in [0.15, 0.2) is 23.4 Å². The highest BCUT2D eigenvalue weighted by molar-refractivity contribution is 5.31. The quantitative estimate of drug-likeness (QED) is 0.667. The molecule has 0 aromatic carbocycles. The van der Waals surface area contributed by atoms with Crippen molar-refractivity contribution in [3.05, 3.63) is 28.8 Å². The van der Waals surface area contributed by atoms with E-state index >= 15 is 0 Å². The summed E-state index contributed by atoms with van der Waals surface area (Å²) in [6, 6.07) is 1.15. The van der Waals surface area contributed by atoms with Gasteiger partial charge in [-0.1, -0.05) is 0 Å². The average Bonchev–Trinajstić information content (AvgIpc) is 2.42. The minimum atomic E-state index is -5.05. The van der Waals surface area contributed by atoms with Gasteiger partial charge in [0.2, 0.25) is 0 Å². The number of nitrogens with zero attached hydrogens (tertiary/aromatic N) is 2. The maximum atomic E-state index is 13.9. The molecule has 4 nitrogen and oxygen atoms in total. The van der Waals surface area contributed by atoms with E-state index in [0.717, 1.165) is 6.07 Å². The van der Waals surface area contributed by atoms with Gasteiger partial charge in [0, 0.05) is 13.0 Å². The van der Waals surface area contributed by atoms with Crippen LogP contribution in [0, 0.1) is 28.9 Å². The van der Waals surface area contributed by atoms with E-state index in [1.165, 1.54) is 6.92 Å². The molecule has 0 saturated carbocycles. The first kappa shape index (κ1) is 18.2. The van der Waals surface area contributed by atoms with Crippen molar-refractivity contribution in [2.24, 2.45) is 0 Å². The van der Waals surface area contributed by atoms with E-state index in [0.29, 0.717) is 0 Å². The molecule has 2 atom stereocenters. The maximum absolute atomic E-state index is 13.9. The summed E-state index contributed by atoms with van der Waals surface area (Å²) in [5.41, 5.74) is -2.34. The summed E-state index contributed by atoms with van der Waals surface area (Å²) in [6.07, 6.45) is -11.2. The molecule has 0 radical (unpaired) electrons. The molecular formula is C12H10F6N2O2. The van der Waals surface area contributed by atoms with Crippen LogP contribution in [0.25, 0.3) is 0 Å². The predicted molar refractivity (Wildman–Crippen MR) is 59.9 cm³/mol. The lowest BCUT2D eigenvalue weighted by atomic mass is 10.0. The maximum Gasteiger partial charge on any atom is 0.414 e. The number of aromatic nitrogens is 1. The standard InChI is InChI=1S/C12H10F6N2O2/c1-2-22-6(3-7(21)12(16,17)18)8-9(13)5(4-19)20-11(15)10(8)14/h6-7,21H,2-3H2,1H3. The Kier molecular flexibility index (Phi) is 5.73. The molecule has 0 saturated heterocycles. The van der Waals surface area contributed by atoms with Crippen LogP contribution in [0.15, 0.2) is 0 Å². The van der Waals surface area contributed by atoms with Crippen LogP contribution in [0.4, 0.5) is 26.3 Å². The molecule has 0 spiro atoms. The van der Waals surface area contributed by atoms with Crippen LogP contribution in [0.5, 0.6) is 0 Å². The Bertz CT molecular complexity index is 584. The van der Waals surface area contributed by atoms with Gasteiger partial charge in [-0.2, -0.15) is 22.8 Å². The Hall–Kier alpha value is -1.86. The Morgan fingerprint density at radius 3 is 2.32 bits per heavy atom. The number of halogens is 6. The summed E-state index contributed by atoms with van der Waals surface area (Å²) in [6.45, 7) is 1.06. The highest BCUT2D eigenvalue weighted by Crippen LogP contribution is 2.33. The number of aliphatic hydroxyl groups is 1. The van der Waals surface area contributed by atoms with Crippen molar-refractivity contribution in [3.8, 4) is 6.07 Å². The third-order valence-electron chi connectivity index (χ3n) is 2.68.